The number of halogens is 1. The first-order valence-corrected chi connectivity index (χ1v) is 6.91. The van der Waals surface area contributed by atoms with Crippen LogP contribution in [0.5, 0.6) is 11.5 Å². The molecule has 0 bridgehead atoms. The third-order valence-electron chi connectivity index (χ3n) is 3.67. The van der Waals surface area contributed by atoms with E-state index in [4.69, 9.17) is 9.47 Å². The summed E-state index contributed by atoms with van der Waals surface area (Å²) in [6, 6.07) is 2.73. The van der Waals surface area contributed by atoms with Crippen molar-refractivity contribution in [2.45, 2.75) is 13.0 Å². The number of hydrogen-bond donors (Lipinski definition) is 1. The van der Waals surface area contributed by atoms with E-state index in [9.17, 15) is 14.9 Å². The molecule has 1 heterocycles. The Labute approximate surface area is 140 Å². The zero-order valence-corrected chi connectivity index (χ0v) is 14.0. The number of carbonyl (C=O) groups is 1. The highest BCUT2D eigenvalue weighted by Crippen LogP contribution is 2.38. The number of piperazine rings is 1. The number of hydrogen-bond acceptors (Lipinski definition) is 6. The van der Waals surface area contributed by atoms with Gasteiger partial charge >= 0.3 is 5.69 Å². The molecule has 0 saturated carbocycles. The number of nitrogens with one attached hydrogen (secondary N) is 1. The van der Waals surface area contributed by atoms with Crippen LogP contribution in [0.2, 0.25) is 0 Å². The van der Waals surface area contributed by atoms with Crippen molar-refractivity contribution in [2.75, 3.05) is 33.9 Å². The van der Waals surface area contributed by atoms with Crippen LogP contribution in [0.4, 0.5) is 5.69 Å². The van der Waals surface area contributed by atoms with Crippen LogP contribution in [0.15, 0.2) is 12.1 Å². The number of carbonyl (C=O) groups excluding carboxylic acids is 1. The van der Waals surface area contributed by atoms with E-state index in [1.165, 1.54) is 26.4 Å². The van der Waals surface area contributed by atoms with Gasteiger partial charge in [-0.05, 0) is 13.0 Å². The molecule has 2 rings (SSSR count). The molecular weight excluding hydrogens is 326 g/mol. The van der Waals surface area contributed by atoms with E-state index in [2.05, 4.69) is 5.32 Å². The molecule has 1 aliphatic rings. The second-order valence-electron chi connectivity index (χ2n) is 5.04. The lowest BCUT2D eigenvalue weighted by molar-refractivity contribution is -0.385. The molecule has 23 heavy (non-hydrogen) atoms. The fourth-order valence-electron chi connectivity index (χ4n) is 2.51. The number of rotatable bonds is 4. The molecule has 1 amide bonds. The highest BCUT2D eigenvalue weighted by molar-refractivity contribution is 5.96. The Morgan fingerprint density at radius 3 is 2.61 bits per heavy atom. The number of nitro benzene ring substituents is 1. The van der Waals surface area contributed by atoms with Gasteiger partial charge in [0.15, 0.2) is 5.75 Å². The Morgan fingerprint density at radius 2 is 2.09 bits per heavy atom. The number of nitro groups is 1. The van der Waals surface area contributed by atoms with E-state index < -0.39 is 4.92 Å². The summed E-state index contributed by atoms with van der Waals surface area (Å²) < 4.78 is 10.1. The number of ether oxygens (including phenoxy) is 2. The van der Waals surface area contributed by atoms with Gasteiger partial charge in [0.25, 0.3) is 5.91 Å². The van der Waals surface area contributed by atoms with Crippen molar-refractivity contribution in [3.05, 3.63) is 27.8 Å². The van der Waals surface area contributed by atoms with E-state index in [1.807, 2.05) is 6.92 Å². The maximum Gasteiger partial charge on any atom is 0.315 e. The van der Waals surface area contributed by atoms with Gasteiger partial charge in [-0.3, -0.25) is 14.9 Å². The predicted molar refractivity (Wildman–Crippen MR) is 86.8 cm³/mol. The summed E-state index contributed by atoms with van der Waals surface area (Å²) >= 11 is 0. The maximum absolute atomic E-state index is 12.6. The summed E-state index contributed by atoms with van der Waals surface area (Å²) in [6.45, 7) is 3.88. The molecule has 1 aliphatic heterocycles. The highest BCUT2D eigenvalue weighted by atomic mass is 35.5. The van der Waals surface area contributed by atoms with Crippen LogP contribution in [0.3, 0.4) is 0 Å². The summed E-state index contributed by atoms with van der Waals surface area (Å²) in [4.78, 5) is 24.9. The number of methoxy groups -OCH3 is 2. The van der Waals surface area contributed by atoms with E-state index >= 15 is 0 Å². The Balaban J connectivity index is 0.00000264. The van der Waals surface area contributed by atoms with Crippen LogP contribution < -0.4 is 14.8 Å². The minimum Gasteiger partial charge on any atom is -0.493 e. The molecule has 9 heteroatoms. The quantitative estimate of drug-likeness (QED) is 0.656. The first kappa shape index (κ1) is 19.0. The largest absolute Gasteiger partial charge is 0.493 e. The molecule has 128 valence electrons. The first-order chi connectivity index (χ1) is 10.5. The van der Waals surface area contributed by atoms with E-state index in [0.29, 0.717) is 19.6 Å². The van der Waals surface area contributed by atoms with Crippen molar-refractivity contribution >= 4 is 24.0 Å². The van der Waals surface area contributed by atoms with Gasteiger partial charge in [-0.2, -0.15) is 0 Å². The molecule has 1 aromatic rings. The summed E-state index contributed by atoms with van der Waals surface area (Å²) in [5.41, 5.74) is -0.0638. The topological polar surface area (TPSA) is 93.9 Å². The summed E-state index contributed by atoms with van der Waals surface area (Å²) in [5, 5.41) is 14.4. The van der Waals surface area contributed by atoms with Crippen molar-refractivity contribution in [3.63, 3.8) is 0 Å². The van der Waals surface area contributed by atoms with Crippen LogP contribution in [0.25, 0.3) is 0 Å². The number of benzene rings is 1. The van der Waals surface area contributed by atoms with Crippen LogP contribution in [-0.4, -0.2) is 55.6 Å². The Hall–Kier alpha value is -2.06. The monoisotopic (exact) mass is 345 g/mol. The molecule has 0 spiro atoms. The molecule has 0 unspecified atom stereocenters. The van der Waals surface area contributed by atoms with Crippen molar-refractivity contribution in [1.29, 1.82) is 0 Å². The molecule has 0 aliphatic carbocycles. The molecule has 8 nitrogen and oxygen atoms in total. The molecular formula is C14H20ClN3O5. The van der Waals surface area contributed by atoms with Gasteiger partial charge in [-0.25, -0.2) is 0 Å². The summed E-state index contributed by atoms with van der Waals surface area (Å²) in [5.74, 6) is -0.0710. The SMILES string of the molecule is COc1cc(C(=O)N2CCNC[C@@H]2C)cc([N+](=O)[O-])c1OC.Cl. The molecule has 0 aromatic heterocycles. The van der Waals surface area contributed by atoms with Crippen molar-refractivity contribution in [2.24, 2.45) is 0 Å². The van der Waals surface area contributed by atoms with Crippen LogP contribution in [-0.2, 0) is 0 Å². The Morgan fingerprint density at radius 1 is 1.39 bits per heavy atom. The third-order valence-corrected chi connectivity index (χ3v) is 3.67. The average Bonchev–Trinajstić information content (AvgIpc) is 2.53. The van der Waals surface area contributed by atoms with E-state index in [1.54, 1.807) is 4.90 Å². The van der Waals surface area contributed by atoms with E-state index in [-0.39, 0.29) is 47.1 Å². The van der Waals surface area contributed by atoms with E-state index in [0.717, 1.165) is 0 Å². The van der Waals surface area contributed by atoms with Crippen molar-refractivity contribution < 1.29 is 19.2 Å². The normalized spacial score (nSPS) is 17.2. The van der Waals surface area contributed by atoms with Crippen LogP contribution in [0.1, 0.15) is 17.3 Å². The van der Waals surface area contributed by atoms with Gasteiger partial charge in [0.05, 0.1) is 24.7 Å². The first-order valence-electron chi connectivity index (χ1n) is 6.91. The van der Waals surface area contributed by atoms with Gasteiger partial charge in [0, 0.05) is 31.7 Å². The molecule has 1 fully saturated rings. The lowest BCUT2D eigenvalue weighted by Gasteiger charge is -2.34. The zero-order chi connectivity index (χ0) is 16.3. The van der Waals surface area contributed by atoms with Gasteiger partial charge in [0.1, 0.15) is 0 Å². The number of amides is 1. The highest BCUT2D eigenvalue weighted by Gasteiger charge is 2.28. The summed E-state index contributed by atoms with van der Waals surface area (Å²) in [7, 11) is 2.70. The summed E-state index contributed by atoms with van der Waals surface area (Å²) in [6.07, 6.45) is 0. The van der Waals surface area contributed by atoms with Gasteiger partial charge in [-0.15, -0.1) is 12.4 Å². The molecule has 0 radical (unpaired) electrons. The lowest BCUT2D eigenvalue weighted by Crippen LogP contribution is -2.52. The van der Waals surface area contributed by atoms with Gasteiger partial charge in [0.2, 0.25) is 5.75 Å². The van der Waals surface area contributed by atoms with Gasteiger partial charge < -0.3 is 19.7 Å². The maximum atomic E-state index is 12.6. The standard InChI is InChI=1S/C14H19N3O5.ClH/c1-9-8-15-4-5-16(9)14(18)10-6-11(17(19)20)13(22-3)12(7-10)21-2;/h6-7,9,15H,4-5,8H2,1-3H3;1H/t9-;/m0./s1. The number of nitrogens with zero attached hydrogens (tertiary/aromatic N) is 2. The zero-order valence-electron chi connectivity index (χ0n) is 13.2. The van der Waals surface area contributed by atoms with Crippen molar-refractivity contribution in [1.82, 2.24) is 10.2 Å². The second-order valence-corrected chi connectivity index (χ2v) is 5.04. The Bertz CT molecular complexity index is 596. The van der Waals surface area contributed by atoms with Gasteiger partial charge in [-0.1, -0.05) is 0 Å². The minimum atomic E-state index is -0.584. The second kappa shape index (κ2) is 7.98. The molecule has 1 aromatic carbocycles. The minimum absolute atomic E-state index is 0. The lowest BCUT2D eigenvalue weighted by atomic mass is 10.1. The Kier molecular flexibility index (Phi) is 6.59. The van der Waals surface area contributed by atoms with Crippen LogP contribution >= 0.6 is 12.4 Å². The third kappa shape index (κ3) is 3.83. The average molecular weight is 346 g/mol. The molecule has 1 N–H and O–H groups in total. The fourth-order valence-corrected chi connectivity index (χ4v) is 2.51. The molecule has 1 atom stereocenters. The predicted octanol–water partition coefficient (Wildman–Crippen LogP) is 1.47. The van der Waals surface area contributed by atoms with Crippen LogP contribution in [0, 0.1) is 10.1 Å². The smallest absolute Gasteiger partial charge is 0.315 e. The fraction of sp³-hybridized carbons (Fsp3) is 0.500. The molecule has 1 saturated heterocycles. The van der Waals surface area contributed by atoms with Crippen molar-refractivity contribution in [3.8, 4) is 11.5 Å².